The Morgan fingerprint density at radius 2 is 1.88 bits per heavy atom. The summed E-state index contributed by atoms with van der Waals surface area (Å²) < 4.78 is 1.06. The van der Waals surface area contributed by atoms with Crippen LogP contribution < -0.4 is 16.6 Å². The predicted octanol–water partition coefficient (Wildman–Crippen LogP) is 2.72. The van der Waals surface area contributed by atoms with Gasteiger partial charge in [-0.05, 0) is 103 Å². The van der Waals surface area contributed by atoms with E-state index in [1.807, 2.05) is 32.0 Å². The number of hydrogen-bond donors (Lipinski definition) is 2. The molecule has 1 aromatic heterocycles. The van der Waals surface area contributed by atoms with E-state index < -0.39 is 16.7 Å². The molecule has 4 aliphatic rings. The highest BCUT2D eigenvalue weighted by Gasteiger charge is 2.59. The fourth-order valence-electron chi connectivity index (χ4n) is 6.24. The first kappa shape index (κ1) is 20.6. The smallest absolute Gasteiger partial charge is 0.325 e. The summed E-state index contributed by atoms with van der Waals surface area (Å²) in [6, 6.07) is 9.59. The van der Waals surface area contributed by atoms with Crippen LogP contribution in [0.5, 0.6) is 0 Å². The minimum atomic E-state index is -0.794. The normalized spacial score (nSPS) is 23.6. The van der Waals surface area contributed by atoms with Gasteiger partial charge < -0.3 is 5.32 Å². The Balaban J connectivity index is 1.44. The number of nitrogens with one attached hydrogen (secondary N) is 2. The average molecular weight is 454 g/mol. The van der Waals surface area contributed by atoms with Crippen LogP contribution in [0.2, 0.25) is 0 Å². The number of carbonyl (C=O) groups excluding carboxylic acids is 1. The summed E-state index contributed by atoms with van der Waals surface area (Å²) >= 11 is 0. The van der Waals surface area contributed by atoms with Crippen LogP contribution >= 0.6 is 0 Å². The van der Waals surface area contributed by atoms with Crippen molar-refractivity contribution in [2.75, 3.05) is 5.32 Å². The van der Waals surface area contributed by atoms with Crippen LogP contribution in [0, 0.1) is 31.1 Å². The molecule has 170 valence electrons. The van der Waals surface area contributed by atoms with E-state index in [0.717, 1.165) is 46.3 Å². The molecule has 1 atom stereocenters. The number of anilines is 1. The van der Waals surface area contributed by atoms with Crippen LogP contribution in [0.3, 0.4) is 0 Å². The van der Waals surface area contributed by atoms with Crippen LogP contribution in [0.1, 0.15) is 64.8 Å². The van der Waals surface area contributed by atoms with Gasteiger partial charge in [0.25, 0.3) is 5.56 Å². The molecule has 2 aromatic carbocycles. The van der Waals surface area contributed by atoms with Crippen molar-refractivity contribution < 1.29 is 4.79 Å². The zero-order valence-electron chi connectivity index (χ0n) is 19.2. The van der Waals surface area contributed by atoms with Gasteiger partial charge >= 0.3 is 5.69 Å². The molecule has 3 aliphatic carbocycles. The maximum absolute atomic E-state index is 12.9. The number of nitrogens with zero attached hydrogens (tertiary/aromatic N) is 3. The van der Waals surface area contributed by atoms with Crippen molar-refractivity contribution in [2.45, 2.75) is 51.4 Å². The number of benzene rings is 2. The molecule has 8 heteroatoms. The molecule has 2 bridgehead atoms. The highest BCUT2D eigenvalue weighted by atomic mass is 16.2. The van der Waals surface area contributed by atoms with E-state index in [1.54, 1.807) is 6.07 Å². The first-order valence-electron chi connectivity index (χ1n) is 11.4. The van der Waals surface area contributed by atoms with E-state index in [2.05, 4.69) is 28.4 Å². The molecule has 3 aromatic rings. The fraction of sp³-hybridized carbons (Fsp3) is 0.346. The van der Waals surface area contributed by atoms with Gasteiger partial charge in [0.1, 0.15) is 6.07 Å². The monoisotopic (exact) mass is 453 g/mol. The number of carbonyl (C=O) groups is 1. The lowest BCUT2D eigenvalue weighted by Gasteiger charge is -2.51. The number of aromatic amines is 1. The largest absolute Gasteiger partial charge is 0.349 e. The lowest BCUT2D eigenvalue weighted by Crippen LogP contribution is -2.49. The van der Waals surface area contributed by atoms with Gasteiger partial charge in [-0.3, -0.25) is 14.6 Å². The lowest BCUT2D eigenvalue weighted by atomic mass is 9.50. The average Bonchev–Trinajstić information content (AvgIpc) is 3.02. The highest BCUT2D eigenvalue weighted by molar-refractivity contribution is 6.07. The van der Waals surface area contributed by atoms with Gasteiger partial charge in [0.15, 0.2) is 0 Å². The fourth-order valence-corrected chi connectivity index (χ4v) is 6.24. The molecular weight excluding hydrogens is 430 g/mol. The zero-order chi connectivity index (χ0) is 23.9. The van der Waals surface area contributed by atoms with Crippen LogP contribution in [0.25, 0.3) is 5.69 Å². The standard InChI is InChI=1S/C26H23N5O3/c1-12-6-17(31-25(34)29-23(32)20(11-27)30-31)7-13(2)18(12)10-14-4-5-19-22-21(14)15-8-16(9-15)26(22,3)24(33)28-19/h4-7,15-16H,8-10H2,1-3H3,(H,28,33)(H,29,32,34). The third kappa shape index (κ3) is 2.58. The van der Waals surface area contributed by atoms with Crippen molar-refractivity contribution in [3.05, 3.63) is 84.2 Å². The number of aromatic nitrogens is 3. The molecular formula is C26H23N5O3. The summed E-state index contributed by atoms with van der Waals surface area (Å²) in [5.41, 5.74) is 6.08. The molecule has 0 saturated heterocycles. The van der Waals surface area contributed by atoms with Crippen LogP contribution in [-0.4, -0.2) is 20.7 Å². The molecule has 1 fully saturated rings. The van der Waals surface area contributed by atoms with Crippen molar-refractivity contribution in [1.29, 1.82) is 5.26 Å². The number of amides is 1. The summed E-state index contributed by atoms with van der Waals surface area (Å²) in [4.78, 5) is 39.1. The Labute approximate surface area is 195 Å². The summed E-state index contributed by atoms with van der Waals surface area (Å²) in [5.74, 6) is 1.05. The molecule has 7 rings (SSSR count). The van der Waals surface area contributed by atoms with Crippen molar-refractivity contribution >= 4 is 11.6 Å². The molecule has 1 amide bonds. The zero-order valence-corrected chi connectivity index (χ0v) is 19.2. The second-order valence-corrected chi connectivity index (χ2v) is 9.95. The topological polar surface area (TPSA) is 121 Å². The first-order chi connectivity index (χ1) is 16.2. The molecule has 0 spiro atoms. The molecule has 1 saturated carbocycles. The number of nitriles is 1. The van der Waals surface area contributed by atoms with E-state index in [4.69, 9.17) is 5.26 Å². The maximum Gasteiger partial charge on any atom is 0.349 e. The van der Waals surface area contributed by atoms with Gasteiger partial charge in [0.05, 0.1) is 11.1 Å². The molecule has 1 aliphatic heterocycles. The van der Waals surface area contributed by atoms with Crippen LogP contribution in [0.4, 0.5) is 5.69 Å². The first-order valence-corrected chi connectivity index (χ1v) is 11.4. The molecule has 2 heterocycles. The van der Waals surface area contributed by atoms with Gasteiger partial charge in [-0.2, -0.15) is 9.94 Å². The summed E-state index contributed by atoms with van der Waals surface area (Å²) in [5, 5.41) is 16.2. The molecule has 1 unspecified atom stereocenters. The highest BCUT2D eigenvalue weighted by Crippen LogP contribution is 2.63. The minimum absolute atomic E-state index is 0.122. The Morgan fingerprint density at radius 1 is 1.18 bits per heavy atom. The van der Waals surface area contributed by atoms with Crippen molar-refractivity contribution in [2.24, 2.45) is 5.92 Å². The van der Waals surface area contributed by atoms with Crippen molar-refractivity contribution in [1.82, 2.24) is 14.8 Å². The third-order valence-electron chi connectivity index (χ3n) is 8.16. The van der Waals surface area contributed by atoms with Crippen LogP contribution in [0.15, 0.2) is 33.9 Å². The Bertz CT molecular complexity index is 1560. The molecule has 34 heavy (non-hydrogen) atoms. The van der Waals surface area contributed by atoms with Gasteiger partial charge in [-0.15, -0.1) is 5.10 Å². The van der Waals surface area contributed by atoms with Gasteiger partial charge in [0, 0.05) is 5.69 Å². The van der Waals surface area contributed by atoms with Crippen molar-refractivity contribution in [3.63, 3.8) is 0 Å². The Morgan fingerprint density at radius 3 is 2.56 bits per heavy atom. The maximum atomic E-state index is 12.9. The van der Waals surface area contributed by atoms with E-state index >= 15 is 0 Å². The Hall–Kier alpha value is -3.99. The van der Waals surface area contributed by atoms with Gasteiger partial charge in [0.2, 0.25) is 11.6 Å². The van der Waals surface area contributed by atoms with Crippen molar-refractivity contribution in [3.8, 4) is 11.8 Å². The number of rotatable bonds is 3. The molecule has 8 nitrogen and oxygen atoms in total. The van der Waals surface area contributed by atoms with Crippen LogP contribution in [-0.2, 0) is 16.6 Å². The van der Waals surface area contributed by atoms with E-state index in [-0.39, 0.29) is 11.6 Å². The lowest BCUT2D eigenvalue weighted by molar-refractivity contribution is -0.124. The Kier molecular flexibility index (Phi) is 4.10. The van der Waals surface area contributed by atoms with E-state index in [1.165, 1.54) is 16.7 Å². The van der Waals surface area contributed by atoms with E-state index in [9.17, 15) is 14.4 Å². The summed E-state index contributed by atoms with van der Waals surface area (Å²) in [6.07, 6.45) is 2.85. The summed E-state index contributed by atoms with van der Waals surface area (Å²) in [7, 11) is 0. The molecule has 2 N–H and O–H groups in total. The minimum Gasteiger partial charge on any atom is -0.325 e. The number of H-pyrrole nitrogens is 1. The third-order valence-corrected chi connectivity index (χ3v) is 8.16. The number of aryl methyl sites for hydroxylation is 2. The van der Waals surface area contributed by atoms with Gasteiger partial charge in [-0.25, -0.2) is 4.79 Å². The van der Waals surface area contributed by atoms with Gasteiger partial charge in [-0.1, -0.05) is 6.07 Å². The second kappa shape index (κ2) is 6.76. The predicted molar refractivity (Wildman–Crippen MR) is 125 cm³/mol. The second-order valence-electron chi connectivity index (χ2n) is 9.95. The van der Waals surface area contributed by atoms with E-state index in [0.29, 0.717) is 17.5 Å². The SMILES string of the molecule is Cc1cc(-n2nc(C#N)c(=O)[nH]c2=O)cc(C)c1Cc1ccc2c3c1C1CC(C1)C3(C)C(=O)N2. The molecule has 0 radical (unpaired) electrons. The quantitative estimate of drug-likeness (QED) is 0.632. The summed E-state index contributed by atoms with van der Waals surface area (Å²) in [6.45, 7) is 6.07. The number of hydrogen-bond acceptors (Lipinski definition) is 5.